The lowest BCUT2D eigenvalue weighted by molar-refractivity contribution is -0.137. The van der Waals surface area contributed by atoms with E-state index >= 15 is 0 Å². The van der Waals surface area contributed by atoms with Crippen LogP contribution >= 0.6 is 0 Å². The maximum Gasteiger partial charge on any atom is 0.339 e. The van der Waals surface area contributed by atoms with E-state index in [1.807, 2.05) is 11.9 Å². The fraction of sp³-hybridized carbons (Fsp3) is 0.667. The van der Waals surface area contributed by atoms with Gasteiger partial charge in [-0.2, -0.15) is 0 Å². The molecule has 0 N–H and O–H groups in total. The summed E-state index contributed by atoms with van der Waals surface area (Å²) in [5.74, 6) is 0.773. The number of benzene rings is 1. The fourth-order valence-corrected chi connectivity index (χ4v) is 5.51. The minimum atomic E-state index is -0.501. The summed E-state index contributed by atoms with van der Waals surface area (Å²) >= 11 is 0. The highest BCUT2D eigenvalue weighted by molar-refractivity contribution is 5.95. The van der Waals surface area contributed by atoms with Gasteiger partial charge in [-0.25, -0.2) is 4.79 Å². The minimum absolute atomic E-state index is 0.0534. The predicted octanol–water partition coefficient (Wildman–Crippen LogP) is 3.67. The van der Waals surface area contributed by atoms with E-state index in [1.165, 1.54) is 44.3 Å². The third kappa shape index (κ3) is 3.58. The zero-order valence-corrected chi connectivity index (χ0v) is 17.5. The Kier molecular flexibility index (Phi) is 4.89. The SMILES string of the molecule is CN(CCN1CCCC1)C(=O)C1CCC2(CC1)OC(=O)c1cc(C3CC3)ccc12. The molecule has 2 aliphatic heterocycles. The molecule has 3 fully saturated rings. The van der Waals surface area contributed by atoms with Crippen LogP contribution in [0, 0.1) is 5.92 Å². The smallest absolute Gasteiger partial charge is 0.339 e. The summed E-state index contributed by atoms with van der Waals surface area (Å²) in [6.07, 6.45) is 8.13. The first-order chi connectivity index (χ1) is 14.1. The van der Waals surface area contributed by atoms with Gasteiger partial charge in [-0.3, -0.25) is 4.79 Å². The molecule has 29 heavy (non-hydrogen) atoms. The molecule has 0 unspecified atom stereocenters. The average Bonchev–Trinajstić information content (AvgIpc) is 3.40. The number of esters is 1. The first-order valence-corrected chi connectivity index (χ1v) is 11.4. The second-order valence-corrected chi connectivity index (χ2v) is 9.55. The highest BCUT2D eigenvalue weighted by atomic mass is 16.6. The molecule has 2 aliphatic carbocycles. The van der Waals surface area contributed by atoms with Crippen LogP contribution < -0.4 is 0 Å². The largest absolute Gasteiger partial charge is 0.451 e. The normalized spacial score (nSPS) is 29.1. The maximum absolute atomic E-state index is 12.9. The number of nitrogens with zero attached hydrogens (tertiary/aromatic N) is 2. The third-order valence-corrected chi connectivity index (χ3v) is 7.56. The molecule has 0 atom stereocenters. The Labute approximate surface area is 173 Å². The molecule has 0 aromatic heterocycles. The zero-order valence-electron chi connectivity index (χ0n) is 17.5. The Morgan fingerprint density at radius 3 is 2.59 bits per heavy atom. The van der Waals surface area contributed by atoms with Crippen LogP contribution in [-0.2, 0) is 15.1 Å². The molecule has 156 valence electrons. The van der Waals surface area contributed by atoms with Gasteiger partial charge in [0, 0.05) is 31.6 Å². The van der Waals surface area contributed by atoms with Crippen molar-refractivity contribution in [1.82, 2.24) is 9.80 Å². The first-order valence-electron chi connectivity index (χ1n) is 11.4. The summed E-state index contributed by atoms with van der Waals surface area (Å²) in [4.78, 5) is 29.9. The first kappa shape index (κ1) is 19.1. The van der Waals surface area contributed by atoms with Crippen LogP contribution in [0.1, 0.15) is 78.8 Å². The molecule has 1 saturated heterocycles. The van der Waals surface area contributed by atoms with Crippen molar-refractivity contribution in [3.63, 3.8) is 0 Å². The number of carbonyl (C=O) groups is 2. The molecular weight excluding hydrogens is 364 g/mol. The Morgan fingerprint density at radius 1 is 1.17 bits per heavy atom. The van der Waals surface area contributed by atoms with Crippen LogP contribution in [0.25, 0.3) is 0 Å². The Morgan fingerprint density at radius 2 is 1.90 bits per heavy atom. The topological polar surface area (TPSA) is 49.9 Å². The van der Waals surface area contributed by atoms with Crippen LogP contribution in [0.2, 0.25) is 0 Å². The zero-order chi connectivity index (χ0) is 20.0. The van der Waals surface area contributed by atoms with Crippen molar-refractivity contribution in [3.05, 3.63) is 34.9 Å². The van der Waals surface area contributed by atoms with Gasteiger partial charge in [-0.15, -0.1) is 0 Å². The molecule has 5 heteroatoms. The number of rotatable bonds is 5. The van der Waals surface area contributed by atoms with Crippen molar-refractivity contribution in [2.24, 2.45) is 5.92 Å². The lowest BCUT2D eigenvalue weighted by Crippen LogP contribution is -2.41. The fourth-order valence-electron chi connectivity index (χ4n) is 5.51. The minimum Gasteiger partial charge on any atom is -0.451 e. The Bertz CT molecular complexity index is 802. The van der Waals surface area contributed by atoms with Gasteiger partial charge >= 0.3 is 5.97 Å². The number of carbonyl (C=O) groups excluding carboxylic acids is 2. The van der Waals surface area contributed by atoms with E-state index in [4.69, 9.17) is 4.74 Å². The van der Waals surface area contributed by atoms with Gasteiger partial charge in [0.25, 0.3) is 0 Å². The molecule has 4 aliphatic rings. The number of likely N-dealkylation sites (N-methyl/N-ethyl adjacent to an activating group) is 1. The molecule has 5 rings (SSSR count). The summed E-state index contributed by atoms with van der Waals surface area (Å²) in [5, 5.41) is 0. The highest BCUT2D eigenvalue weighted by Gasteiger charge is 2.49. The average molecular weight is 397 g/mol. The molecule has 1 spiro atoms. The number of fused-ring (bicyclic) bond motifs is 2. The van der Waals surface area contributed by atoms with Gasteiger partial charge in [-0.05, 0) is 82.0 Å². The molecule has 2 saturated carbocycles. The monoisotopic (exact) mass is 396 g/mol. The molecule has 0 radical (unpaired) electrons. The number of likely N-dealkylation sites (tertiary alicyclic amines) is 1. The summed E-state index contributed by atoms with van der Waals surface area (Å²) < 4.78 is 5.95. The predicted molar refractivity (Wildman–Crippen MR) is 111 cm³/mol. The van der Waals surface area contributed by atoms with Crippen molar-refractivity contribution in [2.45, 2.75) is 62.9 Å². The highest BCUT2D eigenvalue weighted by Crippen LogP contribution is 2.50. The van der Waals surface area contributed by atoms with Crippen LogP contribution in [-0.4, -0.2) is 54.9 Å². The molecule has 0 bridgehead atoms. The second kappa shape index (κ2) is 7.42. The van der Waals surface area contributed by atoms with Gasteiger partial charge in [0.2, 0.25) is 5.91 Å². The number of hydrogen-bond acceptors (Lipinski definition) is 4. The van der Waals surface area contributed by atoms with Crippen molar-refractivity contribution < 1.29 is 14.3 Å². The van der Waals surface area contributed by atoms with E-state index in [1.54, 1.807) is 0 Å². The van der Waals surface area contributed by atoms with Crippen molar-refractivity contribution in [2.75, 3.05) is 33.2 Å². The standard InChI is InChI=1S/C24H32N2O3/c1-25(14-15-26-12-2-3-13-26)22(27)18-8-10-24(11-9-18)21-7-6-19(17-4-5-17)16-20(21)23(28)29-24/h6-7,16-18H,2-5,8-15H2,1H3. The summed E-state index contributed by atoms with van der Waals surface area (Å²) in [5.41, 5.74) is 2.60. The van der Waals surface area contributed by atoms with E-state index in [0.29, 0.717) is 5.92 Å². The molecule has 5 nitrogen and oxygen atoms in total. The van der Waals surface area contributed by atoms with Gasteiger partial charge < -0.3 is 14.5 Å². The van der Waals surface area contributed by atoms with Crippen LogP contribution in [0.3, 0.4) is 0 Å². The van der Waals surface area contributed by atoms with E-state index in [9.17, 15) is 9.59 Å². The lowest BCUT2D eigenvalue weighted by Gasteiger charge is -2.37. The summed E-state index contributed by atoms with van der Waals surface area (Å²) in [7, 11) is 1.94. The Balaban J connectivity index is 1.21. The van der Waals surface area contributed by atoms with Crippen LogP contribution in [0.4, 0.5) is 0 Å². The number of hydrogen-bond donors (Lipinski definition) is 0. The molecule has 1 amide bonds. The van der Waals surface area contributed by atoms with Crippen LogP contribution in [0.15, 0.2) is 18.2 Å². The summed E-state index contributed by atoms with van der Waals surface area (Å²) in [6, 6.07) is 6.37. The van der Waals surface area contributed by atoms with Crippen molar-refractivity contribution in [1.29, 1.82) is 0 Å². The Hall–Kier alpha value is -1.88. The lowest BCUT2D eigenvalue weighted by atomic mass is 9.74. The van der Waals surface area contributed by atoms with Gasteiger partial charge in [-0.1, -0.05) is 12.1 Å². The van der Waals surface area contributed by atoms with Crippen molar-refractivity contribution in [3.8, 4) is 0 Å². The van der Waals surface area contributed by atoms with E-state index < -0.39 is 5.60 Å². The quantitative estimate of drug-likeness (QED) is 0.713. The summed E-state index contributed by atoms with van der Waals surface area (Å²) in [6.45, 7) is 4.12. The van der Waals surface area contributed by atoms with Gasteiger partial charge in [0.15, 0.2) is 0 Å². The molecular formula is C24H32N2O3. The number of ether oxygens (including phenoxy) is 1. The molecule has 1 aromatic carbocycles. The molecule has 2 heterocycles. The van der Waals surface area contributed by atoms with Crippen molar-refractivity contribution >= 4 is 11.9 Å². The van der Waals surface area contributed by atoms with Crippen LogP contribution in [0.5, 0.6) is 0 Å². The van der Waals surface area contributed by atoms with Gasteiger partial charge in [0.1, 0.15) is 5.60 Å². The number of amides is 1. The van der Waals surface area contributed by atoms with Gasteiger partial charge in [0.05, 0.1) is 5.56 Å². The van der Waals surface area contributed by atoms with E-state index in [-0.39, 0.29) is 17.8 Å². The molecule has 1 aromatic rings. The van der Waals surface area contributed by atoms with E-state index in [2.05, 4.69) is 23.1 Å². The third-order valence-electron chi connectivity index (χ3n) is 7.56. The maximum atomic E-state index is 12.9. The van der Waals surface area contributed by atoms with E-state index in [0.717, 1.165) is 49.9 Å². The second-order valence-electron chi connectivity index (χ2n) is 9.55.